The molecule has 0 saturated heterocycles. The standard InChI is InChI=1S/C12H12N2O3/c1-7-4-5-9(8(2)6-7)11-13-10(14-17-11)12(15)16-3/h4-6H,1-3H3. The number of nitrogens with zero attached hydrogens (tertiary/aromatic N) is 2. The highest BCUT2D eigenvalue weighted by Gasteiger charge is 2.16. The van der Waals surface area contributed by atoms with E-state index >= 15 is 0 Å². The fourth-order valence-electron chi connectivity index (χ4n) is 1.56. The lowest BCUT2D eigenvalue weighted by molar-refractivity contribution is 0.0583. The average Bonchev–Trinajstić information content (AvgIpc) is 2.77. The molecule has 5 heteroatoms. The van der Waals surface area contributed by atoms with Crippen LogP contribution in [-0.4, -0.2) is 23.2 Å². The molecule has 0 unspecified atom stereocenters. The quantitative estimate of drug-likeness (QED) is 0.742. The number of methoxy groups -OCH3 is 1. The second-order valence-corrected chi connectivity index (χ2v) is 3.73. The van der Waals surface area contributed by atoms with E-state index in [-0.39, 0.29) is 5.82 Å². The van der Waals surface area contributed by atoms with Gasteiger partial charge < -0.3 is 9.26 Å². The number of hydrogen-bond donors (Lipinski definition) is 0. The van der Waals surface area contributed by atoms with E-state index in [0.717, 1.165) is 16.7 Å². The number of carbonyl (C=O) groups excluding carboxylic acids is 1. The van der Waals surface area contributed by atoms with Gasteiger partial charge >= 0.3 is 5.97 Å². The van der Waals surface area contributed by atoms with Crippen LogP contribution >= 0.6 is 0 Å². The summed E-state index contributed by atoms with van der Waals surface area (Å²) in [6.45, 7) is 3.95. The van der Waals surface area contributed by atoms with Crippen LogP contribution in [0.1, 0.15) is 21.7 Å². The Kier molecular flexibility index (Phi) is 2.91. The third kappa shape index (κ3) is 2.18. The van der Waals surface area contributed by atoms with Crippen LogP contribution in [-0.2, 0) is 4.74 Å². The molecule has 0 aliphatic carbocycles. The third-order valence-corrected chi connectivity index (χ3v) is 2.41. The van der Waals surface area contributed by atoms with E-state index in [1.807, 2.05) is 32.0 Å². The van der Waals surface area contributed by atoms with Crippen molar-refractivity contribution < 1.29 is 14.1 Å². The van der Waals surface area contributed by atoms with Crippen LogP contribution in [0.2, 0.25) is 0 Å². The van der Waals surface area contributed by atoms with Crippen molar-refractivity contribution in [2.24, 2.45) is 0 Å². The van der Waals surface area contributed by atoms with Gasteiger partial charge in [-0.2, -0.15) is 4.98 Å². The highest BCUT2D eigenvalue weighted by molar-refractivity contribution is 5.85. The highest BCUT2D eigenvalue weighted by atomic mass is 16.5. The lowest BCUT2D eigenvalue weighted by Crippen LogP contribution is -2.03. The van der Waals surface area contributed by atoms with Gasteiger partial charge in [-0.25, -0.2) is 4.79 Å². The molecule has 17 heavy (non-hydrogen) atoms. The first-order valence-corrected chi connectivity index (χ1v) is 5.11. The Balaban J connectivity index is 2.40. The topological polar surface area (TPSA) is 65.2 Å². The van der Waals surface area contributed by atoms with Crippen molar-refractivity contribution in [3.63, 3.8) is 0 Å². The van der Waals surface area contributed by atoms with E-state index < -0.39 is 5.97 Å². The smallest absolute Gasteiger partial charge is 0.379 e. The summed E-state index contributed by atoms with van der Waals surface area (Å²) >= 11 is 0. The predicted octanol–water partition coefficient (Wildman–Crippen LogP) is 2.14. The lowest BCUT2D eigenvalue weighted by Gasteiger charge is -2.00. The summed E-state index contributed by atoms with van der Waals surface area (Å²) in [5.41, 5.74) is 2.99. The van der Waals surface area contributed by atoms with Crippen molar-refractivity contribution >= 4 is 5.97 Å². The van der Waals surface area contributed by atoms with Gasteiger partial charge in [0.1, 0.15) is 0 Å². The molecule has 2 aromatic rings. The Bertz CT molecular complexity index is 561. The van der Waals surface area contributed by atoms with E-state index in [2.05, 4.69) is 14.9 Å². The van der Waals surface area contributed by atoms with Gasteiger partial charge in [-0.1, -0.05) is 17.7 Å². The molecule has 0 saturated carbocycles. The predicted molar refractivity (Wildman–Crippen MR) is 60.5 cm³/mol. The summed E-state index contributed by atoms with van der Waals surface area (Å²) in [6, 6.07) is 5.85. The second kappa shape index (κ2) is 4.37. The van der Waals surface area contributed by atoms with Gasteiger partial charge in [0.2, 0.25) is 0 Å². The summed E-state index contributed by atoms with van der Waals surface area (Å²) in [4.78, 5) is 15.2. The van der Waals surface area contributed by atoms with Crippen molar-refractivity contribution in [3.05, 3.63) is 35.2 Å². The first-order chi connectivity index (χ1) is 8.11. The van der Waals surface area contributed by atoms with Gasteiger partial charge in [0.05, 0.1) is 7.11 Å². The van der Waals surface area contributed by atoms with E-state index in [1.165, 1.54) is 7.11 Å². The van der Waals surface area contributed by atoms with Crippen LogP contribution in [0.15, 0.2) is 22.7 Å². The average molecular weight is 232 g/mol. The van der Waals surface area contributed by atoms with Gasteiger partial charge in [-0.05, 0) is 30.6 Å². The molecule has 0 N–H and O–H groups in total. The number of carbonyl (C=O) groups is 1. The monoisotopic (exact) mass is 232 g/mol. The first kappa shape index (κ1) is 11.3. The minimum atomic E-state index is -0.607. The van der Waals surface area contributed by atoms with Crippen molar-refractivity contribution in [2.45, 2.75) is 13.8 Å². The molecular formula is C12H12N2O3. The SMILES string of the molecule is COC(=O)c1noc(-c2ccc(C)cc2C)n1. The van der Waals surface area contributed by atoms with Gasteiger partial charge in [0.25, 0.3) is 11.7 Å². The zero-order chi connectivity index (χ0) is 12.4. The molecule has 0 aliphatic heterocycles. The second-order valence-electron chi connectivity index (χ2n) is 3.73. The van der Waals surface area contributed by atoms with Crippen LogP contribution in [0.4, 0.5) is 0 Å². The molecule has 1 aromatic heterocycles. The zero-order valence-corrected chi connectivity index (χ0v) is 9.85. The van der Waals surface area contributed by atoms with Gasteiger partial charge in [-0.3, -0.25) is 0 Å². The molecule has 1 heterocycles. The van der Waals surface area contributed by atoms with Gasteiger partial charge in [-0.15, -0.1) is 0 Å². The summed E-state index contributed by atoms with van der Waals surface area (Å²) in [5.74, 6) is -0.352. The molecule has 1 aromatic carbocycles. The maximum atomic E-state index is 11.2. The largest absolute Gasteiger partial charge is 0.463 e. The lowest BCUT2D eigenvalue weighted by atomic mass is 10.1. The minimum absolute atomic E-state index is 0.0672. The molecule has 0 aliphatic rings. The number of aromatic nitrogens is 2. The van der Waals surface area contributed by atoms with Crippen molar-refractivity contribution in [2.75, 3.05) is 7.11 Å². The molecule has 0 radical (unpaired) electrons. The van der Waals surface area contributed by atoms with Crippen LogP contribution in [0.25, 0.3) is 11.5 Å². The summed E-state index contributed by atoms with van der Waals surface area (Å²) in [6.07, 6.45) is 0. The molecule has 5 nitrogen and oxygen atoms in total. The van der Waals surface area contributed by atoms with Crippen molar-refractivity contribution in [3.8, 4) is 11.5 Å². The fourth-order valence-corrected chi connectivity index (χ4v) is 1.56. The Hall–Kier alpha value is -2.17. The van der Waals surface area contributed by atoms with Crippen molar-refractivity contribution in [1.82, 2.24) is 10.1 Å². The Morgan fingerprint density at radius 3 is 2.76 bits per heavy atom. The number of ether oxygens (including phenoxy) is 1. The Labute approximate surface area is 98.4 Å². The number of aryl methyl sites for hydroxylation is 2. The summed E-state index contributed by atoms with van der Waals surface area (Å²) < 4.78 is 9.54. The maximum absolute atomic E-state index is 11.2. The highest BCUT2D eigenvalue weighted by Crippen LogP contribution is 2.22. The van der Waals surface area contributed by atoms with Crippen LogP contribution in [0.5, 0.6) is 0 Å². The molecular weight excluding hydrogens is 220 g/mol. The van der Waals surface area contributed by atoms with Crippen LogP contribution < -0.4 is 0 Å². The minimum Gasteiger partial charge on any atom is -0.463 e. The number of rotatable bonds is 2. The number of benzene rings is 1. The zero-order valence-electron chi connectivity index (χ0n) is 9.85. The van der Waals surface area contributed by atoms with Crippen molar-refractivity contribution in [1.29, 1.82) is 0 Å². The number of esters is 1. The van der Waals surface area contributed by atoms with Gasteiger partial charge in [0, 0.05) is 5.56 Å². The van der Waals surface area contributed by atoms with E-state index in [0.29, 0.717) is 5.89 Å². The molecule has 0 bridgehead atoms. The third-order valence-electron chi connectivity index (χ3n) is 2.41. The summed E-state index contributed by atoms with van der Waals surface area (Å²) in [7, 11) is 1.27. The summed E-state index contributed by atoms with van der Waals surface area (Å²) in [5, 5.41) is 3.57. The Morgan fingerprint density at radius 2 is 2.12 bits per heavy atom. The molecule has 0 fully saturated rings. The molecule has 0 spiro atoms. The van der Waals surface area contributed by atoms with Gasteiger partial charge in [0.15, 0.2) is 0 Å². The van der Waals surface area contributed by atoms with E-state index in [4.69, 9.17) is 4.52 Å². The van der Waals surface area contributed by atoms with Crippen LogP contribution in [0, 0.1) is 13.8 Å². The maximum Gasteiger partial charge on any atom is 0.379 e. The molecule has 0 amide bonds. The van der Waals surface area contributed by atoms with E-state index in [9.17, 15) is 4.79 Å². The number of hydrogen-bond acceptors (Lipinski definition) is 5. The Morgan fingerprint density at radius 1 is 1.35 bits per heavy atom. The normalized spacial score (nSPS) is 10.3. The molecule has 2 rings (SSSR count). The van der Waals surface area contributed by atoms with Crippen LogP contribution in [0.3, 0.4) is 0 Å². The first-order valence-electron chi connectivity index (χ1n) is 5.11. The molecule has 0 atom stereocenters. The fraction of sp³-hybridized carbons (Fsp3) is 0.250. The van der Waals surface area contributed by atoms with E-state index in [1.54, 1.807) is 0 Å². The molecule has 88 valence electrons.